The number of carboxylic acids is 1. The van der Waals surface area contributed by atoms with Crippen LogP contribution < -0.4 is 4.74 Å². The third-order valence-corrected chi connectivity index (χ3v) is 8.38. The Morgan fingerprint density at radius 2 is 1.21 bits per heavy atom. The number of benzene rings is 2. The predicted molar refractivity (Wildman–Crippen MR) is 159 cm³/mol. The van der Waals surface area contributed by atoms with Gasteiger partial charge in [0.15, 0.2) is 0 Å². The Morgan fingerprint density at radius 3 is 1.63 bits per heavy atom. The van der Waals surface area contributed by atoms with E-state index < -0.39 is 11.9 Å². The van der Waals surface area contributed by atoms with Crippen molar-refractivity contribution in [2.75, 3.05) is 0 Å². The zero-order valence-corrected chi connectivity index (χ0v) is 26.4. The number of carbonyl (C=O) groups is 2. The van der Waals surface area contributed by atoms with Gasteiger partial charge in [0.2, 0.25) is 0 Å². The van der Waals surface area contributed by atoms with Crippen LogP contribution >= 0.6 is 23.5 Å². The number of aromatic hydroxyl groups is 1. The fourth-order valence-electron chi connectivity index (χ4n) is 4.10. The second-order valence-corrected chi connectivity index (χ2v) is 16.0. The van der Waals surface area contributed by atoms with E-state index in [0.29, 0.717) is 11.5 Å². The number of rotatable bonds is 8. The molecule has 38 heavy (non-hydrogen) atoms. The van der Waals surface area contributed by atoms with Crippen LogP contribution in [-0.2, 0) is 25.8 Å². The van der Waals surface area contributed by atoms with E-state index in [1.54, 1.807) is 23.5 Å². The van der Waals surface area contributed by atoms with Crippen LogP contribution in [0.2, 0.25) is 0 Å². The normalized spacial score (nSPS) is 13.3. The maximum Gasteiger partial charge on any atom is 0.311 e. The summed E-state index contributed by atoms with van der Waals surface area (Å²) in [5.41, 5.74) is 3.00. The van der Waals surface area contributed by atoms with Gasteiger partial charge in [0.05, 0.1) is 17.4 Å². The molecule has 0 fully saturated rings. The number of ether oxygens (including phenoxy) is 1. The van der Waals surface area contributed by atoms with E-state index >= 15 is 0 Å². The van der Waals surface area contributed by atoms with Gasteiger partial charge in [-0.3, -0.25) is 9.59 Å². The molecule has 7 heteroatoms. The largest absolute Gasteiger partial charge is 0.507 e. The molecule has 1 atom stereocenters. The number of aryl methyl sites for hydroxylation is 1. The van der Waals surface area contributed by atoms with Gasteiger partial charge in [-0.25, -0.2) is 0 Å². The molecule has 0 bridgehead atoms. The van der Waals surface area contributed by atoms with Crippen molar-refractivity contribution < 1.29 is 24.5 Å². The molecule has 0 aliphatic carbocycles. The lowest BCUT2D eigenvalue weighted by Gasteiger charge is -2.28. The number of carboxylic acid groups (broad SMARTS) is 1. The molecule has 1 unspecified atom stereocenters. The Balaban J connectivity index is 2.37. The summed E-state index contributed by atoms with van der Waals surface area (Å²) in [7, 11) is 0. The molecule has 2 N–H and O–H groups in total. The van der Waals surface area contributed by atoms with Crippen LogP contribution in [0.1, 0.15) is 104 Å². The van der Waals surface area contributed by atoms with Crippen molar-refractivity contribution in [1.82, 2.24) is 0 Å². The van der Waals surface area contributed by atoms with Crippen LogP contribution in [0.25, 0.3) is 0 Å². The summed E-state index contributed by atoms with van der Waals surface area (Å²) in [5, 5.41) is 20.0. The number of carbonyl (C=O) groups excluding carboxylic acids is 1. The number of phenolic OH excluding ortho intramolecular Hbond substituents is 1. The molecule has 0 heterocycles. The lowest BCUT2D eigenvalue weighted by Crippen LogP contribution is -2.18. The standard InChI is InChI=1S/C31H44O5S2/c1-18-14-20(17-24(31(9,10)11)28(18)36-26(34)13-12-25(32)33)37-19(2)38-21-15-22(29(3,4)5)27(35)23(16-21)30(6,7)8/h14-17,19,35H,12-13H2,1-11H3,(H,32,33). The maximum atomic E-state index is 12.3. The minimum absolute atomic E-state index is 0.164. The van der Waals surface area contributed by atoms with E-state index in [1.165, 1.54) is 0 Å². The third kappa shape index (κ3) is 8.70. The zero-order chi connectivity index (χ0) is 29.2. The summed E-state index contributed by atoms with van der Waals surface area (Å²) in [6.07, 6.45) is -0.418. The van der Waals surface area contributed by atoms with Crippen LogP contribution in [0.3, 0.4) is 0 Å². The quantitative estimate of drug-likeness (QED) is 0.145. The first kappa shape index (κ1) is 32.1. The molecule has 0 amide bonds. The van der Waals surface area contributed by atoms with Gasteiger partial charge in [-0.05, 0) is 59.9 Å². The molecule has 0 spiro atoms. The van der Waals surface area contributed by atoms with Crippen LogP contribution in [-0.4, -0.2) is 26.7 Å². The summed E-state index contributed by atoms with van der Waals surface area (Å²) in [5.74, 6) is -0.665. The number of hydrogen-bond donors (Lipinski definition) is 2. The van der Waals surface area contributed by atoms with Gasteiger partial charge in [0.25, 0.3) is 0 Å². The molecule has 0 saturated heterocycles. The highest BCUT2D eigenvalue weighted by Gasteiger charge is 2.28. The van der Waals surface area contributed by atoms with Gasteiger partial charge in [0.1, 0.15) is 11.5 Å². The van der Waals surface area contributed by atoms with E-state index in [2.05, 4.69) is 87.4 Å². The lowest BCUT2D eigenvalue weighted by atomic mass is 9.79. The Kier molecular flexibility index (Phi) is 10.1. The number of thioether (sulfide) groups is 2. The summed E-state index contributed by atoms with van der Waals surface area (Å²) >= 11 is 3.50. The molecule has 0 aliphatic heterocycles. The summed E-state index contributed by atoms with van der Waals surface area (Å²) < 4.78 is 5.85. The first-order valence-electron chi connectivity index (χ1n) is 13.0. The second kappa shape index (κ2) is 12.0. The molecular formula is C31H44O5S2. The Bertz CT molecular complexity index is 1150. The Labute approximate surface area is 237 Å². The SMILES string of the molecule is Cc1cc(SC(C)Sc2cc(C(C)(C)C)c(O)c(C(C)(C)C)c2)cc(C(C)(C)C)c1OC(=O)CCC(=O)O. The van der Waals surface area contributed by atoms with Gasteiger partial charge < -0.3 is 14.9 Å². The maximum absolute atomic E-state index is 12.3. The minimum atomic E-state index is -1.02. The van der Waals surface area contributed by atoms with Crippen molar-refractivity contribution >= 4 is 35.5 Å². The second-order valence-electron chi connectivity index (χ2n) is 12.9. The highest BCUT2D eigenvalue weighted by Crippen LogP contribution is 2.45. The molecule has 210 valence electrons. The number of hydrogen-bond acceptors (Lipinski definition) is 6. The summed E-state index contributed by atoms with van der Waals surface area (Å²) in [6, 6.07) is 8.32. The van der Waals surface area contributed by atoms with E-state index in [1.807, 2.05) is 13.0 Å². The van der Waals surface area contributed by atoms with E-state index in [9.17, 15) is 14.7 Å². The van der Waals surface area contributed by atoms with Gasteiger partial charge in [-0.2, -0.15) is 0 Å². The highest BCUT2D eigenvalue weighted by atomic mass is 32.2. The van der Waals surface area contributed by atoms with E-state index in [-0.39, 0.29) is 33.7 Å². The first-order valence-corrected chi connectivity index (χ1v) is 14.7. The first-order chi connectivity index (χ1) is 17.2. The molecule has 2 rings (SSSR count). The van der Waals surface area contributed by atoms with Crippen LogP contribution in [0.15, 0.2) is 34.1 Å². The van der Waals surface area contributed by atoms with Crippen molar-refractivity contribution in [1.29, 1.82) is 0 Å². The average Bonchev–Trinajstić information content (AvgIpc) is 2.72. The monoisotopic (exact) mass is 560 g/mol. The predicted octanol–water partition coefficient (Wildman–Crippen LogP) is 8.59. The molecule has 0 aromatic heterocycles. The average molecular weight is 561 g/mol. The fourth-order valence-corrected chi connectivity index (χ4v) is 6.53. The van der Waals surface area contributed by atoms with Crippen LogP contribution in [0, 0.1) is 6.92 Å². The van der Waals surface area contributed by atoms with Crippen molar-refractivity contribution in [3.05, 3.63) is 46.5 Å². The molecule has 2 aromatic rings. The van der Waals surface area contributed by atoms with Crippen molar-refractivity contribution in [3.8, 4) is 11.5 Å². The number of esters is 1. The smallest absolute Gasteiger partial charge is 0.311 e. The van der Waals surface area contributed by atoms with Crippen LogP contribution in [0.4, 0.5) is 0 Å². The van der Waals surface area contributed by atoms with Crippen LogP contribution in [0.5, 0.6) is 11.5 Å². The zero-order valence-electron chi connectivity index (χ0n) is 24.7. The van der Waals surface area contributed by atoms with Gasteiger partial charge >= 0.3 is 11.9 Å². The topological polar surface area (TPSA) is 83.8 Å². The van der Waals surface area contributed by atoms with E-state index in [0.717, 1.165) is 32.0 Å². The van der Waals surface area contributed by atoms with E-state index in [4.69, 9.17) is 9.84 Å². The molecule has 0 saturated carbocycles. The lowest BCUT2D eigenvalue weighted by molar-refractivity contribution is -0.142. The Morgan fingerprint density at radius 1 is 0.789 bits per heavy atom. The van der Waals surface area contributed by atoms with Gasteiger partial charge in [-0.15, -0.1) is 23.5 Å². The summed E-state index contributed by atoms with van der Waals surface area (Å²) in [4.78, 5) is 25.4. The minimum Gasteiger partial charge on any atom is -0.507 e. The van der Waals surface area contributed by atoms with Gasteiger partial charge in [-0.1, -0.05) is 62.3 Å². The van der Waals surface area contributed by atoms with Crippen molar-refractivity contribution in [2.45, 2.75) is 120 Å². The van der Waals surface area contributed by atoms with Gasteiger partial charge in [0, 0.05) is 26.5 Å². The summed E-state index contributed by atoms with van der Waals surface area (Å²) in [6.45, 7) is 23.0. The molecule has 0 radical (unpaired) electrons. The fraction of sp³-hybridized carbons (Fsp3) is 0.548. The third-order valence-electron chi connectivity index (χ3n) is 6.12. The number of aliphatic carboxylic acids is 1. The van der Waals surface area contributed by atoms with Crippen molar-refractivity contribution in [2.24, 2.45) is 0 Å². The molecule has 2 aromatic carbocycles. The molecular weight excluding hydrogens is 516 g/mol. The molecule has 0 aliphatic rings. The number of phenols is 1. The Hall–Kier alpha value is -2.12. The highest BCUT2D eigenvalue weighted by molar-refractivity contribution is 8.17. The van der Waals surface area contributed by atoms with Crippen molar-refractivity contribution in [3.63, 3.8) is 0 Å². The molecule has 5 nitrogen and oxygen atoms in total.